The van der Waals surface area contributed by atoms with Crippen molar-refractivity contribution < 1.29 is 13.6 Å². The summed E-state index contributed by atoms with van der Waals surface area (Å²) in [6.07, 6.45) is 1.41. The van der Waals surface area contributed by atoms with Crippen molar-refractivity contribution in [2.45, 2.75) is 13.0 Å². The fourth-order valence-corrected chi connectivity index (χ4v) is 2.49. The van der Waals surface area contributed by atoms with Crippen molar-refractivity contribution in [3.8, 4) is 0 Å². The van der Waals surface area contributed by atoms with E-state index >= 15 is 0 Å². The van der Waals surface area contributed by atoms with E-state index in [1.807, 2.05) is 37.3 Å². The van der Waals surface area contributed by atoms with Crippen molar-refractivity contribution in [2.24, 2.45) is 0 Å². The third-order valence-corrected chi connectivity index (χ3v) is 3.87. The van der Waals surface area contributed by atoms with Crippen LogP contribution < -0.4 is 10.6 Å². The molecule has 0 aliphatic heterocycles. The minimum Gasteiger partial charge on any atom is -0.351 e. The summed E-state index contributed by atoms with van der Waals surface area (Å²) in [6, 6.07) is 15.9. The van der Waals surface area contributed by atoms with Crippen molar-refractivity contribution in [1.29, 1.82) is 0 Å². The van der Waals surface area contributed by atoms with E-state index in [1.165, 1.54) is 24.4 Å². The smallest absolute Gasteiger partial charge is 0.270 e. The SMILES string of the molecule is CC(NC(=O)c1cc(Nc2c(F)cccc2F)ccn1)c1ccccc1. The van der Waals surface area contributed by atoms with Gasteiger partial charge >= 0.3 is 0 Å². The quantitative estimate of drug-likeness (QED) is 0.705. The molecule has 2 aromatic carbocycles. The van der Waals surface area contributed by atoms with Gasteiger partial charge in [-0.15, -0.1) is 0 Å². The Morgan fingerprint density at radius 3 is 2.38 bits per heavy atom. The van der Waals surface area contributed by atoms with E-state index in [4.69, 9.17) is 0 Å². The highest BCUT2D eigenvalue weighted by Gasteiger charge is 2.14. The lowest BCUT2D eigenvalue weighted by atomic mass is 10.1. The number of halogens is 2. The van der Waals surface area contributed by atoms with Crippen molar-refractivity contribution in [3.63, 3.8) is 0 Å². The van der Waals surface area contributed by atoms with Gasteiger partial charge in [-0.25, -0.2) is 8.78 Å². The van der Waals surface area contributed by atoms with Crippen LogP contribution in [-0.2, 0) is 0 Å². The summed E-state index contributed by atoms with van der Waals surface area (Å²) in [6.45, 7) is 1.87. The maximum Gasteiger partial charge on any atom is 0.270 e. The van der Waals surface area contributed by atoms with Crippen LogP contribution in [0.3, 0.4) is 0 Å². The highest BCUT2D eigenvalue weighted by Crippen LogP contribution is 2.23. The molecule has 6 heteroatoms. The van der Waals surface area contributed by atoms with Crippen molar-refractivity contribution in [3.05, 3.63) is 89.8 Å². The van der Waals surface area contributed by atoms with Crippen LogP contribution in [0.5, 0.6) is 0 Å². The molecule has 132 valence electrons. The van der Waals surface area contributed by atoms with Crippen LogP contribution in [0, 0.1) is 11.6 Å². The molecule has 3 aromatic rings. The van der Waals surface area contributed by atoms with Crippen LogP contribution in [0.25, 0.3) is 0 Å². The lowest BCUT2D eigenvalue weighted by molar-refractivity contribution is 0.0935. The van der Waals surface area contributed by atoms with Crippen LogP contribution in [0.15, 0.2) is 66.9 Å². The molecule has 0 bridgehead atoms. The molecule has 1 aromatic heterocycles. The number of anilines is 2. The fraction of sp³-hybridized carbons (Fsp3) is 0.100. The first kappa shape index (κ1) is 17.5. The number of carbonyl (C=O) groups is 1. The van der Waals surface area contributed by atoms with Gasteiger partial charge in [0.15, 0.2) is 0 Å². The Hall–Kier alpha value is -3.28. The number of aromatic nitrogens is 1. The molecule has 0 saturated carbocycles. The van der Waals surface area contributed by atoms with Gasteiger partial charge < -0.3 is 10.6 Å². The normalized spacial score (nSPS) is 11.7. The molecule has 1 amide bonds. The Kier molecular flexibility index (Phi) is 5.22. The van der Waals surface area contributed by atoms with Gasteiger partial charge in [-0.1, -0.05) is 36.4 Å². The number of nitrogens with zero attached hydrogens (tertiary/aromatic N) is 1. The first-order valence-corrected chi connectivity index (χ1v) is 8.07. The first-order chi connectivity index (χ1) is 12.5. The fourth-order valence-electron chi connectivity index (χ4n) is 2.49. The number of rotatable bonds is 5. The number of pyridine rings is 1. The second-order valence-electron chi connectivity index (χ2n) is 5.76. The highest BCUT2D eigenvalue weighted by atomic mass is 19.1. The number of hydrogen-bond acceptors (Lipinski definition) is 3. The van der Waals surface area contributed by atoms with E-state index in [1.54, 1.807) is 0 Å². The minimum absolute atomic E-state index is 0.148. The summed E-state index contributed by atoms with van der Waals surface area (Å²) in [7, 11) is 0. The van der Waals surface area contributed by atoms with Crippen LogP contribution in [0.1, 0.15) is 29.0 Å². The van der Waals surface area contributed by atoms with Gasteiger partial charge in [0.2, 0.25) is 0 Å². The minimum atomic E-state index is -0.717. The maximum absolute atomic E-state index is 13.8. The van der Waals surface area contributed by atoms with Gasteiger partial charge in [0.25, 0.3) is 5.91 Å². The summed E-state index contributed by atoms with van der Waals surface area (Å²) in [5.41, 5.74) is 1.20. The summed E-state index contributed by atoms with van der Waals surface area (Å²) < 4.78 is 27.5. The average molecular weight is 353 g/mol. The molecule has 1 unspecified atom stereocenters. The molecule has 0 aliphatic rings. The summed E-state index contributed by atoms with van der Waals surface area (Å²) >= 11 is 0. The van der Waals surface area contributed by atoms with E-state index in [9.17, 15) is 13.6 Å². The average Bonchev–Trinajstić information content (AvgIpc) is 2.66. The summed E-state index contributed by atoms with van der Waals surface area (Å²) in [4.78, 5) is 16.5. The highest BCUT2D eigenvalue weighted by molar-refractivity contribution is 5.93. The molecule has 3 rings (SSSR count). The van der Waals surface area contributed by atoms with Gasteiger partial charge in [0, 0.05) is 11.9 Å². The number of benzene rings is 2. The summed E-state index contributed by atoms with van der Waals surface area (Å²) in [5.74, 6) is -1.81. The third-order valence-electron chi connectivity index (χ3n) is 3.87. The molecule has 0 radical (unpaired) electrons. The van der Waals surface area contributed by atoms with E-state index in [2.05, 4.69) is 15.6 Å². The van der Waals surface area contributed by atoms with Gasteiger partial charge in [-0.05, 0) is 36.8 Å². The topological polar surface area (TPSA) is 54.0 Å². The lowest BCUT2D eigenvalue weighted by Gasteiger charge is -2.14. The Bertz CT molecular complexity index is 896. The van der Waals surface area contributed by atoms with E-state index in [0.717, 1.165) is 17.7 Å². The van der Waals surface area contributed by atoms with Crippen LogP contribution in [-0.4, -0.2) is 10.9 Å². The molecule has 0 aliphatic carbocycles. The predicted octanol–water partition coefficient (Wildman–Crippen LogP) is 4.59. The Balaban J connectivity index is 1.75. The van der Waals surface area contributed by atoms with E-state index < -0.39 is 11.6 Å². The zero-order chi connectivity index (χ0) is 18.5. The first-order valence-electron chi connectivity index (χ1n) is 8.07. The molecule has 1 atom stereocenters. The molecular weight excluding hydrogens is 336 g/mol. The predicted molar refractivity (Wildman–Crippen MR) is 96.2 cm³/mol. The zero-order valence-corrected chi connectivity index (χ0v) is 14.0. The largest absolute Gasteiger partial charge is 0.351 e. The number of para-hydroxylation sites is 1. The van der Waals surface area contributed by atoms with Gasteiger partial charge in [-0.3, -0.25) is 9.78 Å². The lowest BCUT2D eigenvalue weighted by Crippen LogP contribution is -2.27. The Morgan fingerprint density at radius 1 is 1.00 bits per heavy atom. The monoisotopic (exact) mass is 353 g/mol. The zero-order valence-electron chi connectivity index (χ0n) is 14.0. The van der Waals surface area contributed by atoms with Crippen molar-refractivity contribution >= 4 is 17.3 Å². The van der Waals surface area contributed by atoms with Gasteiger partial charge in [-0.2, -0.15) is 0 Å². The van der Waals surface area contributed by atoms with Crippen molar-refractivity contribution in [2.75, 3.05) is 5.32 Å². The molecule has 1 heterocycles. The second kappa shape index (κ2) is 7.74. The van der Waals surface area contributed by atoms with E-state index in [0.29, 0.717) is 5.69 Å². The van der Waals surface area contributed by atoms with Crippen LogP contribution in [0.2, 0.25) is 0 Å². The van der Waals surface area contributed by atoms with E-state index in [-0.39, 0.29) is 23.3 Å². The molecule has 26 heavy (non-hydrogen) atoms. The number of amides is 1. The molecular formula is C20H17F2N3O. The van der Waals surface area contributed by atoms with Crippen LogP contribution in [0.4, 0.5) is 20.2 Å². The number of nitrogens with one attached hydrogen (secondary N) is 2. The van der Waals surface area contributed by atoms with Crippen molar-refractivity contribution in [1.82, 2.24) is 10.3 Å². The van der Waals surface area contributed by atoms with Gasteiger partial charge in [0.05, 0.1) is 6.04 Å². The number of carbonyl (C=O) groups excluding carboxylic acids is 1. The standard InChI is InChI=1S/C20H17F2N3O/c1-13(14-6-3-2-4-7-14)24-20(26)18-12-15(10-11-23-18)25-19-16(21)8-5-9-17(19)22/h2-13H,1H3,(H,23,25)(H,24,26). The Labute approximate surface area is 149 Å². The molecule has 4 nitrogen and oxygen atoms in total. The number of hydrogen-bond donors (Lipinski definition) is 2. The molecule has 0 saturated heterocycles. The third kappa shape index (κ3) is 4.03. The molecule has 2 N–H and O–H groups in total. The molecule has 0 spiro atoms. The second-order valence-corrected chi connectivity index (χ2v) is 5.76. The maximum atomic E-state index is 13.8. The van der Waals surface area contributed by atoms with Crippen LogP contribution >= 0.6 is 0 Å². The summed E-state index contributed by atoms with van der Waals surface area (Å²) in [5, 5.41) is 5.50. The molecule has 0 fully saturated rings. The van der Waals surface area contributed by atoms with Gasteiger partial charge in [0.1, 0.15) is 23.0 Å². The Morgan fingerprint density at radius 2 is 1.69 bits per heavy atom.